The summed E-state index contributed by atoms with van der Waals surface area (Å²) in [6.07, 6.45) is -4.61. The number of anilines is 1. The van der Waals surface area contributed by atoms with Gasteiger partial charge in [0.05, 0.1) is 17.2 Å². The predicted molar refractivity (Wildman–Crippen MR) is 85.8 cm³/mol. The molecule has 4 nitrogen and oxygen atoms in total. The standard InChI is InChI=1S/C18H13F5N2O2/c19-13-6-5-10(7-14(13)20)17(27)25-8-11(9-25)16(26)24-15-4-2-1-3-12(15)18(21,22)23/h1-7,11H,8-9H2,(H,24,26). The molecule has 0 spiro atoms. The van der Waals surface area contributed by atoms with E-state index in [4.69, 9.17) is 0 Å². The zero-order chi connectivity index (χ0) is 19.8. The van der Waals surface area contributed by atoms with E-state index in [-0.39, 0.29) is 24.3 Å². The van der Waals surface area contributed by atoms with Crippen LogP contribution in [0.25, 0.3) is 0 Å². The Balaban J connectivity index is 1.62. The van der Waals surface area contributed by atoms with E-state index < -0.39 is 41.1 Å². The molecule has 0 unspecified atom stereocenters. The fourth-order valence-electron chi connectivity index (χ4n) is 2.70. The van der Waals surface area contributed by atoms with Crippen molar-refractivity contribution in [3.05, 3.63) is 65.2 Å². The van der Waals surface area contributed by atoms with Gasteiger partial charge in [0.1, 0.15) is 0 Å². The first-order valence-electron chi connectivity index (χ1n) is 7.88. The summed E-state index contributed by atoms with van der Waals surface area (Å²) in [5.41, 5.74) is -1.40. The van der Waals surface area contributed by atoms with Gasteiger partial charge >= 0.3 is 6.18 Å². The van der Waals surface area contributed by atoms with Crippen LogP contribution in [0.3, 0.4) is 0 Å². The normalized spacial score (nSPS) is 14.6. The first-order valence-corrected chi connectivity index (χ1v) is 7.88. The summed E-state index contributed by atoms with van der Waals surface area (Å²) < 4.78 is 65.0. The molecular weight excluding hydrogens is 371 g/mol. The van der Waals surface area contributed by atoms with Gasteiger partial charge in [0, 0.05) is 18.7 Å². The van der Waals surface area contributed by atoms with Crippen LogP contribution in [-0.4, -0.2) is 29.8 Å². The van der Waals surface area contributed by atoms with Crippen LogP contribution in [-0.2, 0) is 11.0 Å². The van der Waals surface area contributed by atoms with Crippen LogP contribution in [0.15, 0.2) is 42.5 Å². The lowest BCUT2D eigenvalue weighted by Crippen LogP contribution is -2.54. The van der Waals surface area contributed by atoms with Gasteiger partial charge in [-0.05, 0) is 30.3 Å². The van der Waals surface area contributed by atoms with Crippen LogP contribution in [0.5, 0.6) is 0 Å². The Hall–Kier alpha value is -2.97. The summed E-state index contributed by atoms with van der Waals surface area (Å²) >= 11 is 0. The van der Waals surface area contributed by atoms with Crippen molar-refractivity contribution in [1.29, 1.82) is 0 Å². The molecule has 0 aromatic heterocycles. The average molecular weight is 384 g/mol. The summed E-state index contributed by atoms with van der Waals surface area (Å²) in [5.74, 6) is -4.19. The number of halogens is 5. The molecule has 3 rings (SSSR count). The van der Waals surface area contributed by atoms with E-state index in [9.17, 15) is 31.5 Å². The molecule has 2 amide bonds. The van der Waals surface area contributed by atoms with Crippen molar-refractivity contribution in [2.75, 3.05) is 18.4 Å². The highest BCUT2D eigenvalue weighted by atomic mass is 19.4. The quantitative estimate of drug-likeness (QED) is 0.821. The number of alkyl halides is 3. The second-order valence-electron chi connectivity index (χ2n) is 6.07. The van der Waals surface area contributed by atoms with Gasteiger partial charge in [-0.2, -0.15) is 13.2 Å². The molecule has 1 saturated heterocycles. The smallest absolute Gasteiger partial charge is 0.337 e. The van der Waals surface area contributed by atoms with Crippen LogP contribution in [0, 0.1) is 17.6 Å². The molecule has 1 fully saturated rings. The maximum Gasteiger partial charge on any atom is 0.418 e. The molecule has 0 radical (unpaired) electrons. The molecule has 0 atom stereocenters. The minimum atomic E-state index is -4.61. The van der Waals surface area contributed by atoms with Crippen molar-refractivity contribution in [3.63, 3.8) is 0 Å². The number of para-hydroxylation sites is 1. The van der Waals surface area contributed by atoms with E-state index >= 15 is 0 Å². The number of nitrogens with one attached hydrogen (secondary N) is 1. The van der Waals surface area contributed by atoms with Crippen molar-refractivity contribution in [2.24, 2.45) is 5.92 Å². The van der Waals surface area contributed by atoms with Crippen LogP contribution in [0.4, 0.5) is 27.6 Å². The number of rotatable bonds is 3. The van der Waals surface area contributed by atoms with Crippen LogP contribution >= 0.6 is 0 Å². The minimum Gasteiger partial charge on any atom is -0.337 e. The Bertz CT molecular complexity index is 892. The zero-order valence-corrected chi connectivity index (χ0v) is 13.7. The van der Waals surface area contributed by atoms with E-state index in [1.807, 2.05) is 0 Å². The molecule has 2 aromatic carbocycles. The van der Waals surface area contributed by atoms with Crippen molar-refractivity contribution in [1.82, 2.24) is 4.90 Å². The highest BCUT2D eigenvalue weighted by Gasteiger charge is 2.38. The molecule has 2 aromatic rings. The molecule has 9 heteroatoms. The summed E-state index contributed by atoms with van der Waals surface area (Å²) in [6, 6.07) is 7.27. The van der Waals surface area contributed by atoms with Gasteiger partial charge in [-0.15, -0.1) is 0 Å². The molecule has 27 heavy (non-hydrogen) atoms. The second kappa shape index (κ2) is 6.98. The highest BCUT2D eigenvalue weighted by molar-refractivity contribution is 5.98. The zero-order valence-electron chi connectivity index (χ0n) is 13.7. The lowest BCUT2D eigenvalue weighted by atomic mass is 9.97. The van der Waals surface area contributed by atoms with Gasteiger partial charge in [-0.3, -0.25) is 9.59 Å². The molecule has 0 saturated carbocycles. The van der Waals surface area contributed by atoms with Gasteiger partial charge in [0.25, 0.3) is 5.91 Å². The van der Waals surface area contributed by atoms with E-state index in [0.717, 1.165) is 30.3 Å². The van der Waals surface area contributed by atoms with Crippen LogP contribution < -0.4 is 5.32 Å². The molecule has 1 N–H and O–H groups in total. The van der Waals surface area contributed by atoms with Crippen LogP contribution in [0.1, 0.15) is 15.9 Å². The summed E-state index contributed by atoms with van der Waals surface area (Å²) in [5, 5.41) is 2.23. The Morgan fingerprint density at radius 1 is 1.00 bits per heavy atom. The fraction of sp³-hybridized carbons (Fsp3) is 0.222. The minimum absolute atomic E-state index is 0.0299. The van der Waals surface area contributed by atoms with Gasteiger partial charge in [-0.25, -0.2) is 8.78 Å². The van der Waals surface area contributed by atoms with Gasteiger partial charge in [0.15, 0.2) is 11.6 Å². The van der Waals surface area contributed by atoms with E-state index in [1.165, 1.54) is 17.0 Å². The third-order valence-corrected chi connectivity index (χ3v) is 4.20. The number of hydrogen-bond acceptors (Lipinski definition) is 2. The van der Waals surface area contributed by atoms with E-state index in [0.29, 0.717) is 0 Å². The number of benzene rings is 2. The number of hydrogen-bond donors (Lipinski definition) is 1. The predicted octanol–water partition coefficient (Wildman–Crippen LogP) is 3.69. The van der Waals surface area contributed by atoms with Gasteiger partial charge < -0.3 is 10.2 Å². The topological polar surface area (TPSA) is 49.4 Å². The molecule has 0 bridgehead atoms. The molecule has 1 heterocycles. The van der Waals surface area contributed by atoms with Crippen molar-refractivity contribution >= 4 is 17.5 Å². The third-order valence-electron chi connectivity index (χ3n) is 4.20. The maximum absolute atomic E-state index is 13.2. The SMILES string of the molecule is O=C(Nc1ccccc1C(F)(F)F)C1CN(C(=O)c2ccc(F)c(F)c2)C1. The first kappa shape index (κ1) is 18.8. The lowest BCUT2D eigenvalue weighted by Gasteiger charge is -2.38. The monoisotopic (exact) mass is 384 g/mol. The molecule has 1 aliphatic rings. The Labute approximate surface area is 150 Å². The molecule has 0 aliphatic carbocycles. The number of amides is 2. The Morgan fingerprint density at radius 3 is 2.30 bits per heavy atom. The number of likely N-dealkylation sites (tertiary alicyclic amines) is 1. The second-order valence-corrected chi connectivity index (χ2v) is 6.07. The van der Waals surface area contributed by atoms with E-state index in [1.54, 1.807) is 0 Å². The van der Waals surface area contributed by atoms with E-state index in [2.05, 4.69) is 5.32 Å². The summed E-state index contributed by atoms with van der Waals surface area (Å²) in [7, 11) is 0. The number of carbonyl (C=O) groups excluding carboxylic acids is 2. The first-order chi connectivity index (χ1) is 12.7. The van der Waals surface area contributed by atoms with Crippen molar-refractivity contribution in [2.45, 2.75) is 6.18 Å². The van der Waals surface area contributed by atoms with Crippen molar-refractivity contribution < 1.29 is 31.5 Å². The molecule has 142 valence electrons. The summed E-state index contributed by atoms with van der Waals surface area (Å²) in [4.78, 5) is 25.5. The molecule has 1 aliphatic heterocycles. The fourth-order valence-corrected chi connectivity index (χ4v) is 2.70. The average Bonchev–Trinajstić information content (AvgIpc) is 2.55. The Morgan fingerprint density at radius 2 is 1.67 bits per heavy atom. The lowest BCUT2D eigenvalue weighted by molar-refractivity contribution is -0.137. The van der Waals surface area contributed by atoms with Gasteiger partial charge in [0.2, 0.25) is 5.91 Å². The molecular formula is C18H13F5N2O2. The van der Waals surface area contributed by atoms with Gasteiger partial charge in [-0.1, -0.05) is 12.1 Å². The summed E-state index contributed by atoms with van der Waals surface area (Å²) in [6.45, 7) is -0.0598. The number of carbonyl (C=O) groups is 2. The maximum atomic E-state index is 13.2. The largest absolute Gasteiger partial charge is 0.418 e. The third kappa shape index (κ3) is 3.91. The Kier molecular flexibility index (Phi) is 4.86. The highest BCUT2D eigenvalue weighted by Crippen LogP contribution is 2.35. The van der Waals surface area contributed by atoms with Crippen LogP contribution in [0.2, 0.25) is 0 Å². The van der Waals surface area contributed by atoms with Crippen molar-refractivity contribution in [3.8, 4) is 0 Å². The number of nitrogens with zero attached hydrogens (tertiary/aromatic N) is 1.